The highest BCUT2D eigenvalue weighted by Crippen LogP contribution is 2.80. The van der Waals surface area contributed by atoms with Gasteiger partial charge in [0, 0.05) is 11.3 Å². The molecule has 2 aliphatic rings. The summed E-state index contributed by atoms with van der Waals surface area (Å²) in [5.41, 5.74) is 8.07. The van der Waals surface area contributed by atoms with E-state index in [4.69, 9.17) is 0 Å². The molecular formula is C24H32P2. The summed E-state index contributed by atoms with van der Waals surface area (Å²) in [6, 6.07) is 18.7. The van der Waals surface area contributed by atoms with Crippen LogP contribution < -0.4 is 0 Å². The quantitative estimate of drug-likeness (QED) is 0.438. The van der Waals surface area contributed by atoms with E-state index in [0.717, 1.165) is 11.3 Å². The average molecular weight is 382 g/mol. The van der Waals surface area contributed by atoms with E-state index < -0.39 is 0 Å². The van der Waals surface area contributed by atoms with Gasteiger partial charge in [-0.05, 0) is 44.9 Å². The second-order valence-electron chi connectivity index (χ2n) is 9.88. The molecule has 0 saturated heterocycles. The number of benzene rings is 2. The third kappa shape index (κ3) is 3.08. The third-order valence-corrected chi connectivity index (χ3v) is 13.7. The molecule has 0 amide bonds. The van der Waals surface area contributed by atoms with Gasteiger partial charge in [0.2, 0.25) is 0 Å². The number of fused-ring (bicyclic) bond motifs is 2. The zero-order chi connectivity index (χ0) is 18.7. The maximum absolute atomic E-state index is 2.48. The smallest absolute Gasteiger partial charge is 0.0161 e. The van der Waals surface area contributed by atoms with Crippen LogP contribution in [0.1, 0.15) is 75.1 Å². The fourth-order valence-electron chi connectivity index (χ4n) is 4.82. The Bertz CT molecular complexity index is 740. The third-order valence-electron chi connectivity index (χ3n) is 6.12. The fourth-order valence-corrected chi connectivity index (χ4v) is 12.3. The minimum atomic E-state index is -0.0695. The molecule has 0 radical (unpaired) electrons. The molecule has 0 bridgehead atoms. The first kappa shape index (κ1) is 18.7. The minimum absolute atomic E-state index is 0.0695. The number of hydrogen-bond donors (Lipinski definition) is 0. The Balaban J connectivity index is 1.89. The molecule has 4 atom stereocenters. The zero-order valence-corrected chi connectivity index (χ0v) is 18.9. The lowest BCUT2D eigenvalue weighted by Gasteiger charge is -2.42. The Morgan fingerprint density at radius 3 is 1.31 bits per heavy atom. The molecular weight excluding hydrogens is 350 g/mol. The van der Waals surface area contributed by atoms with E-state index in [1.54, 1.807) is 22.3 Å². The van der Waals surface area contributed by atoms with Crippen molar-refractivity contribution < 1.29 is 0 Å². The van der Waals surface area contributed by atoms with Crippen LogP contribution in [0.4, 0.5) is 0 Å². The average Bonchev–Trinajstić information content (AvgIpc) is 3.12. The van der Waals surface area contributed by atoms with Crippen molar-refractivity contribution in [1.29, 1.82) is 0 Å². The van der Waals surface area contributed by atoms with Crippen LogP contribution in [0.2, 0.25) is 0 Å². The van der Waals surface area contributed by atoms with Gasteiger partial charge in [0.05, 0.1) is 0 Å². The Labute approximate surface area is 162 Å². The summed E-state index contributed by atoms with van der Waals surface area (Å²) in [6.45, 7) is 14.9. The monoisotopic (exact) mass is 382 g/mol. The zero-order valence-electron chi connectivity index (χ0n) is 17.1. The molecule has 0 saturated carbocycles. The summed E-state index contributed by atoms with van der Waals surface area (Å²) < 4.78 is 0. The van der Waals surface area contributed by atoms with Gasteiger partial charge in [-0.3, -0.25) is 0 Å². The largest absolute Gasteiger partial charge is 0.0880 e. The molecule has 2 unspecified atom stereocenters. The van der Waals surface area contributed by atoms with Crippen molar-refractivity contribution in [2.75, 3.05) is 0 Å². The van der Waals surface area contributed by atoms with Gasteiger partial charge in [-0.2, -0.15) is 0 Å². The van der Waals surface area contributed by atoms with Gasteiger partial charge in [-0.1, -0.05) is 106 Å². The lowest BCUT2D eigenvalue weighted by atomic mass is 9.98. The maximum Gasteiger partial charge on any atom is 0.0161 e. The van der Waals surface area contributed by atoms with Crippen LogP contribution >= 0.6 is 15.8 Å². The molecule has 138 valence electrons. The van der Waals surface area contributed by atoms with Crippen LogP contribution in [-0.2, 0) is 12.3 Å². The molecule has 0 N–H and O–H groups in total. The van der Waals surface area contributed by atoms with Gasteiger partial charge < -0.3 is 0 Å². The van der Waals surface area contributed by atoms with E-state index >= 15 is 0 Å². The van der Waals surface area contributed by atoms with Crippen LogP contribution in [0, 0.1) is 0 Å². The van der Waals surface area contributed by atoms with Crippen LogP contribution in [0.15, 0.2) is 48.5 Å². The van der Waals surface area contributed by atoms with Gasteiger partial charge >= 0.3 is 0 Å². The Kier molecular flexibility index (Phi) is 4.61. The highest BCUT2D eigenvalue weighted by molar-refractivity contribution is 7.63. The minimum Gasteiger partial charge on any atom is -0.0880 e. The van der Waals surface area contributed by atoms with E-state index in [0.29, 0.717) is 10.3 Å². The second kappa shape index (κ2) is 6.43. The van der Waals surface area contributed by atoms with E-state index in [1.807, 2.05) is 0 Å². The molecule has 26 heavy (non-hydrogen) atoms. The topological polar surface area (TPSA) is 0 Å². The second-order valence-corrected chi connectivity index (χ2v) is 16.2. The SMILES string of the molecule is CC(C)(C)P1Cc2ccccc2C1[C@H]1c2ccccc2C[P@]1C(C)(C)C. The molecule has 0 nitrogen and oxygen atoms in total. The Hall–Kier alpha value is -0.700. The van der Waals surface area contributed by atoms with Crippen molar-refractivity contribution in [2.24, 2.45) is 0 Å². The summed E-state index contributed by atoms with van der Waals surface area (Å²) in [7, 11) is -0.139. The molecule has 0 fully saturated rings. The van der Waals surface area contributed by atoms with Crippen molar-refractivity contribution >= 4 is 15.8 Å². The van der Waals surface area contributed by atoms with Gasteiger partial charge in [0.25, 0.3) is 0 Å². The predicted octanol–water partition coefficient (Wildman–Crippen LogP) is 8.06. The highest BCUT2D eigenvalue weighted by atomic mass is 31.1. The summed E-state index contributed by atoms with van der Waals surface area (Å²) in [6.07, 6.45) is 2.62. The van der Waals surface area contributed by atoms with Crippen molar-refractivity contribution in [3.05, 3.63) is 70.8 Å². The molecule has 0 aromatic heterocycles. The summed E-state index contributed by atoms with van der Waals surface area (Å²) in [5.74, 6) is 0. The normalized spacial score (nSPS) is 28.1. The Morgan fingerprint density at radius 1 is 0.615 bits per heavy atom. The van der Waals surface area contributed by atoms with Crippen molar-refractivity contribution in [1.82, 2.24) is 0 Å². The van der Waals surface area contributed by atoms with E-state index in [-0.39, 0.29) is 15.8 Å². The van der Waals surface area contributed by atoms with Crippen molar-refractivity contribution in [3.8, 4) is 0 Å². The first-order valence-corrected chi connectivity index (χ1v) is 13.1. The summed E-state index contributed by atoms with van der Waals surface area (Å²) in [4.78, 5) is 0. The van der Waals surface area contributed by atoms with Crippen LogP contribution in [0.3, 0.4) is 0 Å². The molecule has 0 spiro atoms. The molecule has 4 rings (SSSR count). The first-order valence-electron chi connectivity index (χ1n) is 9.87. The predicted molar refractivity (Wildman–Crippen MR) is 119 cm³/mol. The number of hydrogen-bond acceptors (Lipinski definition) is 0. The Morgan fingerprint density at radius 2 is 0.962 bits per heavy atom. The van der Waals surface area contributed by atoms with Gasteiger partial charge in [-0.25, -0.2) is 0 Å². The standard InChI is InChI=1S/C24H32P2/c1-23(2,3)25-15-17-11-7-9-13-19(17)21(25)22-20-14-10-8-12-18(20)16-26(22)24(4,5)6/h7-14,21-22H,15-16H2,1-6H3/t21-,22?,25+,26?/m1/s1. The maximum atomic E-state index is 2.48. The molecule has 2 aromatic rings. The number of rotatable bonds is 1. The molecule has 2 heterocycles. The van der Waals surface area contributed by atoms with Crippen LogP contribution in [-0.4, -0.2) is 10.3 Å². The summed E-state index contributed by atoms with van der Waals surface area (Å²) >= 11 is 0. The molecule has 2 aromatic carbocycles. The van der Waals surface area contributed by atoms with Crippen molar-refractivity contribution in [2.45, 2.75) is 75.5 Å². The van der Waals surface area contributed by atoms with Gasteiger partial charge in [0.15, 0.2) is 0 Å². The van der Waals surface area contributed by atoms with E-state index in [2.05, 4.69) is 90.1 Å². The van der Waals surface area contributed by atoms with Crippen LogP contribution in [0.5, 0.6) is 0 Å². The molecule has 2 heteroatoms. The fraction of sp³-hybridized carbons (Fsp3) is 0.500. The molecule has 0 aliphatic carbocycles. The highest BCUT2D eigenvalue weighted by Gasteiger charge is 2.50. The van der Waals surface area contributed by atoms with E-state index in [9.17, 15) is 0 Å². The van der Waals surface area contributed by atoms with Crippen LogP contribution in [0.25, 0.3) is 0 Å². The lowest BCUT2D eigenvalue weighted by Crippen LogP contribution is -2.20. The summed E-state index contributed by atoms with van der Waals surface area (Å²) in [5, 5.41) is 0.797. The molecule has 2 aliphatic heterocycles. The first-order chi connectivity index (χ1) is 12.2. The van der Waals surface area contributed by atoms with E-state index in [1.165, 1.54) is 12.3 Å². The van der Waals surface area contributed by atoms with Gasteiger partial charge in [0.1, 0.15) is 0 Å². The lowest BCUT2D eigenvalue weighted by molar-refractivity contribution is 0.736. The van der Waals surface area contributed by atoms with Crippen molar-refractivity contribution in [3.63, 3.8) is 0 Å². The van der Waals surface area contributed by atoms with Gasteiger partial charge in [-0.15, -0.1) is 0 Å².